The molecule has 0 saturated carbocycles. The fourth-order valence-electron chi connectivity index (χ4n) is 3.67. The van der Waals surface area contributed by atoms with Crippen molar-refractivity contribution in [2.75, 3.05) is 51.3 Å². The van der Waals surface area contributed by atoms with Gasteiger partial charge in [0.05, 0.1) is 25.5 Å². The molecule has 164 valence electrons. The van der Waals surface area contributed by atoms with Gasteiger partial charge in [-0.2, -0.15) is 0 Å². The maximum Gasteiger partial charge on any atom is 0.245 e. The summed E-state index contributed by atoms with van der Waals surface area (Å²) in [5, 5.41) is 5.29. The maximum atomic E-state index is 13.0. The van der Waals surface area contributed by atoms with E-state index in [1.807, 2.05) is 12.3 Å². The fraction of sp³-hybridized carbons (Fsp3) is 0.762. The number of amides is 2. The highest BCUT2D eigenvalue weighted by Crippen LogP contribution is 2.26. The number of anilines is 1. The SMILES string of the molecule is Cc1csc(NC(=O)CN(CCN2CCOCC2)C(=O)CC(C)CC(C)(C)C)n1. The smallest absolute Gasteiger partial charge is 0.245 e. The first-order valence-electron chi connectivity index (χ1n) is 10.4. The molecule has 2 rings (SSSR count). The van der Waals surface area contributed by atoms with E-state index in [4.69, 9.17) is 4.74 Å². The minimum atomic E-state index is -0.196. The van der Waals surface area contributed by atoms with Crippen LogP contribution >= 0.6 is 11.3 Å². The first-order valence-corrected chi connectivity index (χ1v) is 11.3. The summed E-state index contributed by atoms with van der Waals surface area (Å²) in [5.41, 5.74) is 1.06. The molecule has 0 aromatic carbocycles. The van der Waals surface area contributed by atoms with Crippen molar-refractivity contribution in [1.82, 2.24) is 14.8 Å². The van der Waals surface area contributed by atoms with Crippen molar-refractivity contribution in [3.63, 3.8) is 0 Å². The molecule has 2 heterocycles. The van der Waals surface area contributed by atoms with Crippen molar-refractivity contribution < 1.29 is 14.3 Å². The summed E-state index contributed by atoms with van der Waals surface area (Å²) < 4.78 is 5.39. The number of carbonyl (C=O) groups excluding carboxylic acids is 2. The highest BCUT2D eigenvalue weighted by Gasteiger charge is 2.23. The van der Waals surface area contributed by atoms with Gasteiger partial charge in [-0.15, -0.1) is 11.3 Å². The number of aryl methyl sites for hydroxylation is 1. The number of hydrogen-bond acceptors (Lipinski definition) is 6. The lowest BCUT2D eigenvalue weighted by atomic mass is 9.84. The molecule has 1 saturated heterocycles. The van der Waals surface area contributed by atoms with Crippen molar-refractivity contribution in [1.29, 1.82) is 0 Å². The van der Waals surface area contributed by atoms with E-state index >= 15 is 0 Å². The lowest BCUT2D eigenvalue weighted by molar-refractivity contribution is -0.136. The van der Waals surface area contributed by atoms with E-state index in [1.54, 1.807) is 4.90 Å². The number of nitrogens with zero attached hydrogens (tertiary/aromatic N) is 3. The third-order valence-corrected chi connectivity index (χ3v) is 5.70. The first-order chi connectivity index (χ1) is 13.6. The van der Waals surface area contributed by atoms with Crippen molar-refractivity contribution in [2.45, 2.75) is 47.5 Å². The topological polar surface area (TPSA) is 74.8 Å². The number of nitrogens with one attached hydrogen (secondary N) is 1. The number of ether oxygens (including phenoxy) is 1. The minimum absolute atomic E-state index is 0.0421. The Morgan fingerprint density at radius 1 is 1.34 bits per heavy atom. The number of carbonyl (C=O) groups is 2. The molecule has 0 aliphatic carbocycles. The lowest BCUT2D eigenvalue weighted by Crippen LogP contribution is -2.45. The van der Waals surface area contributed by atoms with Gasteiger partial charge in [0.2, 0.25) is 11.8 Å². The average molecular weight is 425 g/mol. The summed E-state index contributed by atoms with van der Waals surface area (Å²) in [4.78, 5) is 33.8. The Morgan fingerprint density at radius 2 is 2.03 bits per heavy atom. The van der Waals surface area contributed by atoms with E-state index in [-0.39, 0.29) is 29.7 Å². The lowest BCUT2D eigenvalue weighted by Gasteiger charge is -2.31. The Labute approximate surface area is 178 Å². The number of hydrogen-bond donors (Lipinski definition) is 1. The molecule has 1 aliphatic heterocycles. The van der Waals surface area contributed by atoms with Crippen LogP contribution in [0.2, 0.25) is 0 Å². The summed E-state index contributed by atoms with van der Waals surface area (Å²) in [7, 11) is 0. The van der Waals surface area contributed by atoms with E-state index < -0.39 is 0 Å². The van der Waals surface area contributed by atoms with Gasteiger partial charge in [-0.05, 0) is 24.7 Å². The van der Waals surface area contributed by atoms with Gasteiger partial charge in [0.25, 0.3) is 0 Å². The molecule has 1 aromatic rings. The molecule has 7 nitrogen and oxygen atoms in total. The summed E-state index contributed by atoms with van der Waals surface area (Å²) in [6, 6.07) is 0. The van der Waals surface area contributed by atoms with Crippen LogP contribution in [-0.4, -0.2) is 72.5 Å². The molecule has 8 heteroatoms. The quantitative estimate of drug-likeness (QED) is 0.660. The van der Waals surface area contributed by atoms with Crippen LogP contribution in [-0.2, 0) is 14.3 Å². The van der Waals surface area contributed by atoms with Gasteiger partial charge in [0.1, 0.15) is 0 Å². The third kappa shape index (κ3) is 9.23. The van der Waals surface area contributed by atoms with Gasteiger partial charge in [0, 0.05) is 38.0 Å². The van der Waals surface area contributed by atoms with Crippen LogP contribution < -0.4 is 5.32 Å². The molecule has 0 bridgehead atoms. The fourth-order valence-corrected chi connectivity index (χ4v) is 4.37. The second kappa shape index (κ2) is 11.0. The average Bonchev–Trinajstić information content (AvgIpc) is 3.02. The summed E-state index contributed by atoms with van der Waals surface area (Å²) >= 11 is 1.40. The molecule has 1 aromatic heterocycles. The molecule has 0 spiro atoms. The second-order valence-corrected chi connectivity index (χ2v) is 10.0. The Balaban J connectivity index is 1.94. The molecular weight excluding hydrogens is 388 g/mol. The molecule has 29 heavy (non-hydrogen) atoms. The predicted molar refractivity (Wildman–Crippen MR) is 117 cm³/mol. The Hall–Kier alpha value is -1.51. The summed E-state index contributed by atoms with van der Waals surface area (Å²) in [6.07, 6.45) is 1.44. The van der Waals surface area contributed by atoms with Gasteiger partial charge < -0.3 is 15.0 Å². The molecule has 2 amide bonds. The van der Waals surface area contributed by atoms with Crippen molar-refractivity contribution in [2.24, 2.45) is 11.3 Å². The van der Waals surface area contributed by atoms with Crippen LogP contribution in [0.5, 0.6) is 0 Å². The zero-order valence-corrected chi connectivity index (χ0v) is 19.3. The van der Waals surface area contributed by atoms with Crippen molar-refractivity contribution in [3.05, 3.63) is 11.1 Å². The number of morpholine rings is 1. The van der Waals surface area contributed by atoms with E-state index in [0.717, 1.165) is 45.0 Å². The van der Waals surface area contributed by atoms with Gasteiger partial charge in [0.15, 0.2) is 5.13 Å². The van der Waals surface area contributed by atoms with Crippen LogP contribution in [0.25, 0.3) is 0 Å². The number of thiazole rings is 1. The minimum Gasteiger partial charge on any atom is -0.379 e. The monoisotopic (exact) mass is 424 g/mol. The van der Waals surface area contributed by atoms with Gasteiger partial charge in [-0.3, -0.25) is 14.5 Å². The normalized spacial score (nSPS) is 16.4. The van der Waals surface area contributed by atoms with Crippen molar-refractivity contribution >= 4 is 28.3 Å². The molecule has 0 radical (unpaired) electrons. The summed E-state index contributed by atoms with van der Waals surface area (Å²) in [5.74, 6) is 0.122. The Bertz CT molecular complexity index is 665. The van der Waals surface area contributed by atoms with Gasteiger partial charge >= 0.3 is 0 Å². The maximum absolute atomic E-state index is 13.0. The largest absolute Gasteiger partial charge is 0.379 e. The predicted octanol–water partition coefficient (Wildman–Crippen LogP) is 3.01. The molecule has 1 fully saturated rings. The highest BCUT2D eigenvalue weighted by molar-refractivity contribution is 7.13. The number of rotatable bonds is 9. The van der Waals surface area contributed by atoms with E-state index in [9.17, 15) is 9.59 Å². The zero-order valence-electron chi connectivity index (χ0n) is 18.5. The standard InChI is InChI=1S/C21H36N4O3S/c1-16(13-21(3,4)5)12-19(27)25(7-6-24-8-10-28-11-9-24)14-18(26)23-20-22-17(2)15-29-20/h15-16H,6-14H2,1-5H3,(H,22,23,26). The van der Waals surface area contributed by atoms with Crippen LogP contribution in [0.4, 0.5) is 5.13 Å². The molecule has 1 atom stereocenters. The molecule has 1 N–H and O–H groups in total. The number of aromatic nitrogens is 1. The van der Waals surface area contributed by atoms with Crippen molar-refractivity contribution in [3.8, 4) is 0 Å². The third-order valence-electron chi connectivity index (χ3n) is 4.83. The highest BCUT2D eigenvalue weighted by atomic mass is 32.1. The van der Waals surface area contributed by atoms with E-state index in [1.165, 1.54) is 11.3 Å². The Morgan fingerprint density at radius 3 is 2.62 bits per heavy atom. The first kappa shape index (κ1) is 23.8. The zero-order chi connectivity index (χ0) is 21.4. The van der Waals surface area contributed by atoms with Crippen LogP contribution in [0.3, 0.4) is 0 Å². The van der Waals surface area contributed by atoms with Crippen LogP contribution in [0.1, 0.15) is 46.2 Å². The second-order valence-electron chi connectivity index (χ2n) is 9.19. The molecule has 1 unspecified atom stereocenters. The van der Waals surface area contributed by atoms with Gasteiger partial charge in [-0.1, -0.05) is 27.7 Å². The molecule has 1 aliphatic rings. The van der Waals surface area contributed by atoms with Crippen LogP contribution in [0, 0.1) is 18.3 Å². The molecular formula is C21H36N4O3S. The summed E-state index contributed by atoms with van der Waals surface area (Å²) in [6.45, 7) is 15.1. The Kier molecular flexibility index (Phi) is 9.04. The van der Waals surface area contributed by atoms with Crippen LogP contribution in [0.15, 0.2) is 5.38 Å². The van der Waals surface area contributed by atoms with E-state index in [2.05, 4.69) is 42.9 Å². The van der Waals surface area contributed by atoms with E-state index in [0.29, 0.717) is 18.1 Å². The van der Waals surface area contributed by atoms with Gasteiger partial charge in [-0.25, -0.2) is 4.98 Å².